The summed E-state index contributed by atoms with van der Waals surface area (Å²) >= 11 is 0. The molecule has 2 saturated carbocycles. The topological polar surface area (TPSA) is 29.4 Å². The first-order valence-corrected chi connectivity index (χ1v) is 5.78. The molecule has 0 aromatic carbocycles. The van der Waals surface area contributed by atoms with Crippen LogP contribution in [0.2, 0.25) is 0 Å². The van der Waals surface area contributed by atoms with Crippen molar-refractivity contribution in [2.45, 2.75) is 45.4 Å². The van der Waals surface area contributed by atoms with Crippen LogP contribution in [0.4, 0.5) is 0 Å². The van der Waals surface area contributed by atoms with Crippen LogP contribution in [-0.4, -0.2) is 12.6 Å². The number of isocyanates is 1. The second kappa shape index (κ2) is 3.86. The van der Waals surface area contributed by atoms with Crippen LogP contribution in [0.5, 0.6) is 0 Å². The van der Waals surface area contributed by atoms with Crippen molar-refractivity contribution >= 4 is 6.08 Å². The van der Waals surface area contributed by atoms with Crippen LogP contribution < -0.4 is 0 Å². The molecular weight excluding hydrogens is 174 g/mol. The zero-order valence-corrected chi connectivity index (χ0v) is 8.96. The first-order valence-electron chi connectivity index (χ1n) is 5.78. The van der Waals surface area contributed by atoms with Gasteiger partial charge in [0.1, 0.15) is 0 Å². The Hall–Kier alpha value is -0.620. The maximum absolute atomic E-state index is 9.90. The molecule has 0 aliphatic heterocycles. The van der Waals surface area contributed by atoms with Gasteiger partial charge >= 0.3 is 0 Å². The minimum atomic E-state index is 0.634. The van der Waals surface area contributed by atoms with E-state index in [0.717, 1.165) is 18.3 Å². The molecule has 0 spiro atoms. The summed E-state index contributed by atoms with van der Waals surface area (Å²) in [6.45, 7) is 3.13. The number of fused-ring (bicyclic) bond motifs is 2. The highest BCUT2D eigenvalue weighted by molar-refractivity contribution is 5.32. The van der Waals surface area contributed by atoms with Gasteiger partial charge in [0.15, 0.2) is 0 Å². The molecule has 2 bridgehead atoms. The van der Waals surface area contributed by atoms with Gasteiger partial charge in [0.05, 0.1) is 6.54 Å². The minimum Gasteiger partial charge on any atom is -0.211 e. The van der Waals surface area contributed by atoms with Gasteiger partial charge in [-0.3, -0.25) is 0 Å². The molecule has 0 aromatic rings. The third-order valence-corrected chi connectivity index (χ3v) is 4.37. The standard InChI is InChI=1S/C12H19NO/c1-12-5-4-10(8-12)7-11(12)3-2-6-13-9-14/h10-11H,2-8H2,1H3. The van der Waals surface area contributed by atoms with Gasteiger partial charge in [0.25, 0.3) is 0 Å². The normalized spacial score (nSPS) is 39.8. The lowest BCUT2D eigenvalue weighted by atomic mass is 9.74. The highest BCUT2D eigenvalue weighted by atomic mass is 16.1. The number of hydrogen-bond acceptors (Lipinski definition) is 2. The van der Waals surface area contributed by atoms with Crippen LogP contribution in [-0.2, 0) is 4.79 Å². The van der Waals surface area contributed by atoms with Crippen LogP contribution in [0, 0.1) is 17.3 Å². The molecule has 0 heterocycles. The molecule has 2 aliphatic rings. The Morgan fingerprint density at radius 2 is 2.43 bits per heavy atom. The van der Waals surface area contributed by atoms with E-state index >= 15 is 0 Å². The fourth-order valence-corrected chi connectivity index (χ4v) is 3.59. The molecular formula is C12H19NO. The lowest BCUT2D eigenvalue weighted by Crippen LogP contribution is -2.21. The predicted molar refractivity (Wildman–Crippen MR) is 55.8 cm³/mol. The van der Waals surface area contributed by atoms with Crippen molar-refractivity contribution in [3.05, 3.63) is 0 Å². The summed E-state index contributed by atoms with van der Waals surface area (Å²) in [5.41, 5.74) is 0.634. The molecule has 2 rings (SSSR count). The maximum Gasteiger partial charge on any atom is 0.234 e. The van der Waals surface area contributed by atoms with Gasteiger partial charge in [0, 0.05) is 0 Å². The molecule has 2 nitrogen and oxygen atoms in total. The predicted octanol–water partition coefficient (Wildman–Crippen LogP) is 2.93. The molecule has 3 unspecified atom stereocenters. The molecule has 0 amide bonds. The summed E-state index contributed by atoms with van der Waals surface area (Å²) in [6.07, 6.45) is 9.72. The molecule has 2 fully saturated rings. The largest absolute Gasteiger partial charge is 0.234 e. The van der Waals surface area contributed by atoms with Crippen molar-refractivity contribution in [1.82, 2.24) is 0 Å². The fourth-order valence-electron chi connectivity index (χ4n) is 3.59. The van der Waals surface area contributed by atoms with Crippen molar-refractivity contribution in [2.24, 2.45) is 22.2 Å². The zero-order chi connectivity index (χ0) is 10.0. The van der Waals surface area contributed by atoms with Gasteiger partial charge in [-0.1, -0.05) is 6.92 Å². The summed E-state index contributed by atoms with van der Waals surface area (Å²) in [5.74, 6) is 1.92. The van der Waals surface area contributed by atoms with E-state index in [4.69, 9.17) is 0 Å². The lowest BCUT2D eigenvalue weighted by Gasteiger charge is -2.31. The van der Waals surface area contributed by atoms with Crippen LogP contribution in [0.1, 0.15) is 45.4 Å². The molecule has 78 valence electrons. The van der Waals surface area contributed by atoms with Crippen molar-refractivity contribution in [3.63, 3.8) is 0 Å². The number of aliphatic imine (C=N–C) groups is 1. The number of hydrogen-bond donors (Lipinski definition) is 0. The van der Waals surface area contributed by atoms with Gasteiger partial charge in [-0.2, -0.15) is 0 Å². The summed E-state index contributed by atoms with van der Waals surface area (Å²) < 4.78 is 0. The Balaban J connectivity index is 1.79. The Kier molecular flexibility index (Phi) is 2.73. The van der Waals surface area contributed by atoms with Crippen molar-refractivity contribution in [2.75, 3.05) is 6.54 Å². The quantitative estimate of drug-likeness (QED) is 0.383. The molecule has 0 aromatic heterocycles. The summed E-state index contributed by atoms with van der Waals surface area (Å²) in [5, 5.41) is 0. The second-order valence-electron chi connectivity index (χ2n) is 5.31. The molecule has 0 radical (unpaired) electrons. The molecule has 3 atom stereocenters. The Morgan fingerprint density at radius 3 is 3.00 bits per heavy atom. The molecule has 0 N–H and O–H groups in total. The van der Waals surface area contributed by atoms with Crippen LogP contribution in [0.15, 0.2) is 4.99 Å². The van der Waals surface area contributed by atoms with Crippen molar-refractivity contribution in [1.29, 1.82) is 0 Å². The molecule has 0 saturated heterocycles. The third kappa shape index (κ3) is 1.76. The Labute approximate surface area is 85.8 Å². The van der Waals surface area contributed by atoms with Crippen LogP contribution in [0.3, 0.4) is 0 Å². The van der Waals surface area contributed by atoms with E-state index in [1.54, 1.807) is 6.08 Å². The summed E-state index contributed by atoms with van der Waals surface area (Å²) in [4.78, 5) is 13.5. The SMILES string of the molecule is CC12CCC(CC1CCCN=C=O)C2. The lowest BCUT2D eigenvalue weighted by molar-refractivity contribution is 0.196. The van der Waals surface area contributed by atoms with Crippen molar-refractivity contribution in [3.8, 4) is 0 Å². The van der Waals surface area contributed by atoms with Gasteiger partial charge in [0.2, 0.25) is 6.08 Å². The Bertz CT molecular complexity index is 257. The van der Waals surface area contributed by atoms with Crippen molar-refractivity contribution < 1.29 is 4.79 Å². The van der Waals surface area contributed by atoms with E-state index in [1.807, 2.05) is 0 Å². The van der Waals surface area contributed by atoms with E-state index in [2.05, 4.69) is 11.9 Å². The monoisotopic (exact) mass is 193 g/mol. The maximum atomic E-state index is 9.90. The van der Waals surface area contributed by atoms with Crippen LogP contribution >= 0.6 is 0 Å². The van der Waals surface area contributed by atoms with Gasteiger partial charge < -0.3 is 0 Å². The minimum absolute atomic E-state index is 0.634. The average molecular weight is 193 g/mol. The molecule has 2 heteroatoms. The number of rotatable bonds is 4. The smallest absolute Gasteiger partial charge is 0.211 e. The number of carbonyl (C=O) groups excluding carboxylic acids is 1. The Morgan fingerprint density at radius 1 is 1.57 bits per heavy atom. The van der Waals surface area contributed by atoms with Gasteiger partial charge in [-0.25, -0.2) is 9.79 Å². The van der Waals surface area contributed by atoms with E-state index in [-0.39, 0.29) is 0 Å². The van der Waals surface area contributed by atoms with E-state index in [1.165, 1.54) is 32.1 Å². The fraction of sp³-hybridized carbons (Fsp3) is 0.917. The first kappa shape index (κ1) is 9.92. The summed E-state index contributed by atoms with van der Waals surface area (Å²) in [6, 6.07) is 0. The van der Waals surface area contributed by atoms with Gasteiger partial charge in [-0.15, -0.1) is 0 Å². The molecule has 14 heavy (non-hydrogen) atoms. The molecule has 2 aliphatic carbocycles. The number of nitrogens with zero attached hydrogens (tertiary/aromatic N) is 1. The average Bonchev–Trinajstić information content (AvgIpc) is 2.67. The highest BCUT2D eigenvalue weighted by Gasteiger charge is 2.47. The summed E-state index contributed by atoms with van der Waals surface area (Å²) in [7, 11) is 0. The third-order valence-electron chi connectivity index (χ3n) is 4.37. The second-order valence-corrected chi connectivity index (χ2v) is 5.31. The van der Waals surface area contributed by atoms with E-state index in [0.29, 0.717) is 12.0 Å². The van der Waals surface area contributed by atoms with Crippen LogP contribution in [0.25, 0.3) is 0 Å². The van der Waals surface area contributed by atoms with Gasteiger partial charge in [-0.05, 0) is 55.8 Å². The van der Waals surface area contributed by atoms with E-state index < -0.39 is 0 Å². The zero-order valence-electron chi connectivity index (χ0n) is 8.96. The first-order chi connectivity index (χ1) is 6.74. The van der Waals surface area contributed by atoms with E-state index in [9.17, 15) is 4.79 Å². The highest BCUT2D eigenvalue weighted by Crippen LogP contribution is 2.58.